The summed E-state index contributed by atoms with van der Waals surface area (Å²) in [5.41, 5.74) is 1.46. The van der Waals surface area contributed by atoms with Crippen LogP contribution < -0.4 is 5.84 Å². The molecule has 0 saturated heterocycles. The number of thioether (sulfide) groups is 1. The normalized spacial score (nSPS) is 12.1. The molecule has 0 radical (unpaired) electrons. The Labute approximate surface area is 146 Å². The Bertz CT molecular complexity index is 913. The SMILES string of the molecule is CC(Sc1nnc(-c2ccc(F)cc2)n1N)c1cccc([N+](=O)[O-])c1. The number of benzene rings is 2. The first kappa shape index (κ1) is 16.9. The number of nitrogens with two attached hydrogens (primary N) is 1. The van der Waals surface area contributed by atoms with Crippen molar-refractivity contribution in [3.05, 3.63) is 70.0 Å². The van der Waals surface area contributed by atoms with Gasteiger partial charge in [-0.15, -0.1) is 10.2 Å². The van der Waals surface area contributed by atoms with Crippen LogP contribution in [0.25, 0.3) is 11.4 Å². The van der Waals surface area contributed by atoms with E-state index in [9.17, 15) is 14.5 Å². The van der Waals surface area contributed by atoms with Crippen LogP contribution in [0.2, 0.25) is 0 Å². The Morgan fingerprint density at radius 2 is 1.96 bits per heavy atom. The zero-order valence-electron chi connectivity index (χ0n) is 13.2. The van der Waals surface area contributed by atoms with Gasteiger partial charge in [0.15, 0.2) is 5.82 Å². The van der Waals surface area contributed by atoms with Gasteiger partial charge in [0.25, 0.3) is 5.69 Å². The topological polar surface area (TPSA) is 99.9 Å². The molecule has 7 nitrogen and oxygen atoms in total. The molecule has 9 heteroatoms. The highest BCUT2D eigenvalue weighted by Crippen LogP contribution is 2.35. The third kappa shape index (κ3) is 3.61. The molecule has 0 spiro atoms. The van der Waals surface area contributed by atoms with E-state index < -0.39 is 4.92 Å². The highest BCUT2D eigenvalue weighted by atomic mass is 32.2. The van der Waals surface area contributed by atoms with E-state index >= 15 is 0 Å². The average Bonchev–Trinajstić information content (AvgIpc) is 2.96. The maximum absolute atomic E-state index is 13.0. The summed E-state index contributed by atoms with van der Waals surface area (Å²) in [4.78, 5) is 10.5. The van der Waals surface area contributed by atoms with Gasteiger partial charge in [0.05, 0.1) is 4.92 Å². The molecular formula is C16H14FN5O2S. The average molecular weight is 359 g/mol. The second-order valence-electron chi connectivity index (χ2n) is 5.30. The van der Waals surface area contributed by atoms with Crippen molar-refractivity contribution in [3.63, 3.8) is 0 Å². The summed E-state index contributed by atoms with van der Waals surface area (Å²) in [6.45, 7) is 1.90. The van der Waals surface area contributed by atoms with Crippen molar-refractivity contribution < 1.29 is 9.31 Å². The summed E-state index contributed by atoms with van der Waals surface area (Å²) in [5.74, 6) is 6.11. The van der Waals surface area contributed by atoms with E-state index in [1.165, 1.54) is 40.7 Å². The Hall–Kier alpha value is -2.94. The molecule has 1 aromatic heterocycles. The fourth-order valence-electron chi connectivity index (χ4n) is 2.27. The monoisotopic (exact) mass is 359 g/mol. The van der Waals surface area contributed by atoms with Gasteiger partial charge in [-0.1, -0.05) is 23.9 Å². The standard InChI is InChI=1S/C16H14FN5O2S/c1-10(12-3-2-4-14(9-12)22(23)24)25-16-20-19-15(21(16)18)11-5-7-13(17)8-6-11/h2-10H,18H2,1H3. The van der Waals surface area contributed by atoms with Crippen LogP contribution in [0.4, 0.5) is 10.1 Å². The third-order valence-electron chi connectivity index (χ3n) is 3.60. The largest absolute Gasteiger partial charge is 0.335 e. The van der Waals surface area contributed by atoms with Crippen molar-refractivity contribution in [1.82, 2.24) is 14.9 Å². The molecule has 128 valence electrons. The zero-order valence-corrected chi connectivity index (χ0v) is 14.0. The van der Waals surface area contributed by atoms with Crippen LogP contribution in [0, 0.1) is 15.9 Å². The highest BCUT2D eigenvalue weighted by molar-refractivity contribution is 7.99. The molecule has 25 heavy (non-hydrogen) atoms. The van der Waals surface area contributed by atoms with Crippen LogP contribution in [-0.2, 0) is 0 Å². The number of hydrogen-bond acceptors (Lipinski definition) is 6. The first-order chi connectivity index (χ1) is 12.0. The van der Waals surface area contributed by atoms with Gasteiger partial charge in [-0.3, -0.25) is 10.1 Å². The maximum atomic E-state index is 13.0. The van der Waals surface area contributed by atoms with Gasteiger partial charge in [0.1, 0.15) is 5.82 Å². The van der Waals surface area contributed by atoms with Gasteiger partial charge >= 0.3 is 0 Å². The lowest BCUT2D eigenvalue weighted by atomic mass is 10.1. The molecule has 2 aromatic carbocycles. The van der Waals surface area contributed by atoms with E-state index in [1.807, 2.05) is 13.0 Å². The molecule has 0 saturated carbocycles. The Balaban J connectivity index is 1.83. The summed E-state index contributed by atoms with van der Waals surface area (Å²) in [6.07, 6.45) is 0. The molecule has 0 amide bonds. The summed E-state index contributed by atoms with van der Waals surface area (Å²) in [5, 5.41) is 19.3. The van der Waals surface area contributed by atoms with Crippen molar-refractivity contribution >= 4 is 17.4 Å². The first-order valence-corrected chi connectivity index (χ1v) is 8.21. The van der Waals surface area contributed by atoms with Crippen molar-refractivity contribution in [2.45, 2.75) is 17.3 Å². The summed E-state index contributed by atoms with van der Waals surface area (Å²) >= 11 is 1.33. The smallest absolute Gasteiger partial charge is 0.269 e. The van der Waals surface area contributed by atoms with Gasteiger partial charge in [0.2, 0.25) is 5.16 Å². The minimum atomic E-state index is -0.432. The molecule has 1 heterocycles. The van der Waals surface area contributed by atoms with Crippen LogP contribution in [0.3, 0.4) is 0 Å². The molecular weight excluding hydrogens is 345 g/mol. The number of rotatable bonds is 5. The quantitative estimate of drug-likeness (QED) is 0.324. The first-order valence-electron chi connectivity index (χ1n) is 7.33. The number of nitrogens with zero attached hydrogens (tertiary/aromatic N) is 4. The minimum Gasteiger partial charge on any atom is -0.335 e. The summed E-state index contributed by atoms with van der Waals surface area (Å²) in [6, 6.07) is 12.2. The predicted octanol–water partition coefficient (Wildman–Crippen LogP) is 3.56. The van der Waals surface area contributed by atoms with Crippen molar-refractivity contribution in [2.75, 3.05) is 5.84 Å². The minimum absolute atomic E-state index is 0.0335. The molecule has 3 aromatic rings. The third-order valence-corrected chi connectivity index (χ3v) is 4.71. The molecule has 1 unspecified atom stereocenters. The second-order valence-corrected chi connectivity index (χ2v) is 6.60. The number of aromatic nitrogens is 3. The van der Waals surface area contributed by atoms with Crippen LogP contribution in [-0.4, -0.2) is 19.8 Å². The lowest BCUT2D eigenvalue weighted by Gasteiger charge is -2.11. The Kier molecular flexibility index (Phi) is 4.66. The van der Waals surface area contributed by atoms with Gasteiger partial charge in [-0.2, -0.15) is 0 Å². The number of nitro groups is 1. The molecule has 0 aliphatic rings. The molecule has 1 atom stereocenters. The number of hydrogen-bond donors (Lipinski definition) is 1. The van der Waals surface area contributed by atoms with Crippen LogP contribution in [0.15, 0.2) is 53.7 Å². The van der Waals surface area contributed by atoms with Crippen molar-refractivity contribution in [1.29, 1.82) is 0 Å². The van der Waals surface area contributed by atoms with E-state index in [-0.39, 0.29) is 16.8 Å². The van der Waals surface area contributed by atoms with Gasteiger partial charge in [0, 0.05) is 22.9 Å². The highest BCUT2D eigenvalue weighted by Gasteiger charge is 2.17. The van der Waals surface area contributed by atoms with Gasteiger partial charge in [-0.25, -0.2) is 9.07 Å². The fourth-order valence-corrected chi connectivity index (χ4v) is 3.16. The molecule has 0 aliphatic heterocycles. The molecule has 3 rings (SSSR count). The van der Waals surface area contributed by atoms with E-state index in [0.717, 1.165) is 5.56 Å². The van der Waals surface area contributed by atoms with E-state index in [2.05, 4.69) is 10.2 Å². The van der Waals surface area contributed by atoms with E-state index in [1.54, 1.807) is 18.2 Å². The molecule has 2 N–H and O–H groups in total. The Morgan fingerprint density at radius 1 is 1.24 bits per heavy atom. The lowest BCUT2D eigenvalue weighted by Crippen LogP contribution is -2.12. The van der Waals surface area contributed by atoms with Crippen molar-refractivity contribution in [3.8, 4) is 11.4 Å². The number of non-ortho nitro benzene ring substituents is 1. The summed E-state index contributed by atoms with van der Waals surface area (Å²) < 4.78 is 14.4. The summed E-state index contributed by atoms with van der Waals surface area (Å²) in [7, 11) is 0. The van der Waals surface area contributed by atoms with Crippen LogP contribution >= 0.6 is 11.8 Å². The number of nitrogen functional groups attached to an aromatic ring is 1. The molecule has 0 fully saturated rings. The van der Waals surface area contributed by atoms with Gasteiger partial charge in [-0.05, 0) is 36.8 Å². The Morgan fingerprint density at radius 3 is 2.64 bits per heavy atom. The van der Waals surface area contributed by atoms with E-state index in [0.29, 0.717) is 16.5 Å². The lowest BCUT2D eigenvalue weighted by molar-refractivity contribution is -0.384. The zero-order chi connectivity index (χ0) is 18.0. The number of nitro benzene ring substituents is 1. The predicted molar refractivity (Wildman–Crippen MR) is 92.9 cm³/mol. The van der Waals surface area contributed by atoms with Crippen molar-refractivity contribution in [2.24, 2.45) is 0 Å². The maximum Gasteiger partial charge on any atom is 0.269 e. The molecule has 0 aliphatic carbocycles. The number of halogens is 1. The second kappa shape index (κ2) is 6.89. The fraction of sp³-hybridized carbons (Fsp3) is 0.125. The van der Waals surface area contributed by atoms with Crippen LogP contribution in [0.1, 0.15) is 17.7 Å². The van der Waals surface area contributed by atoms with Crippen LogP contribution in [0.5, 0.6) is 0 Å². The van der Waals surface area contributed by atoms with E-state index in [4.69, 9.17) is 5.84 Å². The van der Waals surface area contributed by atoms with Gasteiger partial charge < -0.3 is 5.84 Å². The molecule has 0 bridgehead atoms.